The van der Waals surface area contributed by atoms with Crippen LogP contribution in [0.4, 0.5) is 0 Å². The van der Waals surface area contributed by atoms with Crippen molar-refractivity contribution in [1.29, 1.82) is 0 Å². The molecule has 5 nitrogen and oxygen atoms in total. The van der Waals surface area contributed by atoms with Crippen molar-refractivity contribution in [3.8, 4) is 0 Å². The Morgan fingerprint density at radius 3 is 2.61 bits per heavy atom. The number of rotatable bonds is 5. The van der Waals surface area contributed by atoms with Gasteiger partial charge in [-0.25, -0.2) is 0 Å². The maximum Gasteiger partial charge on any atom is 0.289 e. The summed E-state index contributed by atoms with van der Waals surface area (Å²) in [7, 11) is 0. The molecule has 2 amide bonds. The standard InChI is InChI=1S/C18H28N2O3/c1-13(2)10-15(21)16(22)20-9-7-18(12-20)6-3-8-19(17(18)23)11-14-4-5-14/h13-14H,3-12H2,1-2H3. The van der Waals surface area contributed by atoms with Crippen LogP contribution in [0.25, 0.3) is 0 Å². The molecule has 2 heterocycles. The summed E-state index contributed by atoms with van der Waals surface area (Å²) in [5.41, 5.74) is -0.416. The summed E-state index contributed by atoms with van der Waals surface area (Å²) in [5, 5.41) is 0. The predicted molar refractivity (Wildman–Crippen MR) is 86.6 cm³/mol. The highest BCUT2D eigenvalue weighted by molar-refractivity contribution is 6.36. The molecular formula is C18H28N2O3. The number of nitrogens with zero attached hydrogens (tertiary/aromatic N) is 2. The normalized spacial score (nSPS) is 28.0. The lowest BCUT2D eigenvalue weighted by atomic mass is 9.78. The molecule has 3 fully saturated rings. The predicted octanol–water partition coefficient (Wildman–Crippen LogP) is 1.85. The molecule has 0 aromatic carbocycles. The number of likely N-dealkylation sites (tertiary alicyclic amines) is 2. The third kappa shape index (κ3) is 3.43. The van der Waals surface area contributed by atoms with E-state index in [-0.39, 0.29) is 23.5 Å². The lowest BCUT2D eigenvalue weighted by Crippen LogP contribution is -2.51. The Morgan fingerprint density at radius 1 is 1.22 bits per heavy atom. The van der Waals surface area contributed by atoms with E-state index in [4.69, 9.17) is 0 Å². The van der Waals surface area contributed by atoms with E-state index in [1.165, 1.54) is 12.8 Å². The van der Waals surface area contributed by atoms with Gasteiger partial charge in [0.05, 0.1) is 5.41 Å². The van der Waals surface area contributed by atoms with E-state index in [0.717, 1.165) is 25.9 Å². The van der Waals surface area contributed by atoms with Crippen molar-refractivity contribution in [1.82, 2.24) is 9.80 Å². The Labute approximate surface area is 138 Å². The highest BCUT2D eigenvalue weighted by Gasteiger charge is 2.50. The van der Waals surface area contributed by atoms with Gasteiger partial charge in [-0.05, 0) is 43.9 Å². The first-order valence-corrected chi connectivity index (χ1v) is 9.03. The van der Waals surface area contributed by atoms with Crippen molar-refractivity contribution in [2.45, 2.75) is 52.4 Å². The Kier molecular flexibility index (Phi) is 4.47. The number of ketones is 1. The molecule has 0 bridgehead atoms. The zero-order chi connectivity index (χ0) is 16.6. The average molecular weight is 320 g/mol. The Morgan fingerprint density at radius 2 is 1.96 bits per heavy atom. The van der Waals surface area contributed by atoms with Crippen molar-refractivity contribution >= 4 is 17.6 Å². The Bertz CT molecular complexity index is 512. The number of hydrogen-bond donors (Lipinski definition) is 0. The largest absolute Gasteiger partial charge is 0.342 e. The first-order chi connectivity index (χ1) is 10.9. The first-order valence-electron chi connectivity index (χ1n) is 9.03. The zero-order valence-electron chi connectivity index (χ0n) is 14.3. The van der Waals surface area contributed by atoms with E-state index < -0.39 is 5.41 Å². The second kappa shape index (κ2) is 6.25. The van der Waals surface area contributed by atoms with Crippen LogP contribution in [0.2, 0.25) is 0 Å². The zero-order valence-corrected chi connectivity index (χ0v) is 14.3. The second-order valence-corrected chi connectivity index (χ2v) is 8.08. The number of Topliss-reactive ketones (excluding diaryl/α,β-unsaturated/α-hetero) is 1. The van der Waals surface area contributed by atoms with Gasteiger partial charge < -0.3 is 9.80 Å². The molecule has 5 heteroatoms. The van der Waals surface area contributed by atoms with Crippen LogP contribution < -0.4 is 0 Å². The van der Waals surface area contributed by atoms with Gasteiger partial charge in [0.1, 0.15) is 0 Å². The van der Waals surface area contributed by atoms with Crippen LogP contribution in [-0.4, -0.2) is 53.6 Å². The Balaban J connectivity index is 1.63. The van der Waals surface area contributed by atoms with E-state index in [1.807, 2.05) is 18.7 Å². The molecule has 0 N–H and O–H groups in total. The summed E-state index contributed by atoms with van der Waals surface area (Å²) in [6.07, 6.45) is 5.36. The molecule has 0 radical (unpaired) electrons. The van der Waals surface area contributed by atoms with Crippen molar-refractivity contribution in [3.05, 3.63) is 0 Å². The molecule has 1 aliphatic carbocycles. The quantitative estimate of drug-likeness (QED) is 0.727. The van der Waals surface area contributed by atoms with E-state index in [2.05, 4.69) is 0 Å². The topological polar surface area (TPSA) is 57.7 Å². The number of hydrogen-bond acceptors (Lipinski definition) is 3. The van der Waals surface area contributed by atoms with Crippen LogP contribution >= 0.6 is 0 Å². The fraction of sp³-hybridized carbons (Fsp3) is 0.833. The van der Waals surface area contributed by atoms with Crippen LogP contribution in [0.3, 0.4) is 0 Å². The van der Waals surface area contributed by atoms with Gasteiger partial charge in [-0.3, -0.25) is 14.4 Å². The van der Waals surface area contributed by atoms with E-state index in [0.29, 0.717) is 31.8 Å². The molecule has 2 saturated heterocycles. The Hall–Kier alpha value is -1.39. The summed E-state index contributed by atoms with van der Waals surface area (Å²) in [5.74, 6) is 0.411. The summed E-state index contributed by atoms with van der Waals surface area (Å²) in [6, 6.07) is 0. The van der Waals surface area contributed by atoms with Gasteiger partial charge in [-0.2, -0.15) is 0 Å². The second-order valence-electron chi connectivity index (χ2n) is 8.08. The molecule has 2 aliphatic heterocycles. The minimum absolute atomic E-state index is 0.188. The number of amides is 2. The lowest BCUT2D eigenvalue weighted by Gasteiger charge is -2.39. The van der Waals surface area contributed by atoms with Crippen LogP contribution in [0, 0.1) is 17.3 Å². The third-order valence-corrected chi connectivity index (χ3v) is 5.47. The van der Waals surface area contributed by atoms with Crippen molar-refractivity contribution in [2.75, 3.05) is 26.2 Å². The molecular weight excluding hydrogens is 292 g/mol. The van der Waals surface area contributed by atoms with Crippen molar-refractivity contribution in [3.63, 3.8) is 0 Å². The van der Waals surface area contributed by atoms with E-state index in [1.54, 1.807) is 4.90 Å². The summed E-state index contributed by atoms with van der Waals surface area (Å²) in [6.45, 7) is 6.62. The maximum atomic E-state index is 12.9. The maximum absolute atomic E-state index is 12.9. The molecule has 23 heavy (non-hydrogen) atoms. The van der Waals surface area contributed by atoms with Gasteiger partial charge in [0.2, 0.25) is 11.7 Å². The van der Waals surface area contributed by atoms with Crippen molar-refractivity contribution < 1.29 is 14.4 Å². The molecule has 0 aromatic rings. The summed E-state index contributed by atoms with van der Waals surface area (Å²) < 4.78 is 0. The van der Waals surface area contributed by atoms with Gasteiger partial charge in [0, 0.05) is 32.6 Å². The minimum atomic E-state index is -0.416. The van der Waals surface area contributed by atoms with Gasteiger partial charge >= 0.3 is 0 Å². The first kappa shape index (κ1) is 16.5. The third-order valence-electron chi connectivity index (χ3n) is 5.47. The highest BCUT2D eigenvalue weighted by atomic mass is 16.2. The molecule has 0 aromatic heterocycles. The number of piperidine rings is 1. The fourth-order valence-corrected chi connectivity index (χ4v) is 4.00. The summed E-state index contributed by atoms with van der Waals surface area (Å²) >= 11 is 0. The molecule has 3 aliphatic rings. The molecule has 1 unspecified atom stereocenters. The van der Waals surface area contributed by atoms with Gasteiger partial charge in [-0.15, -0.1) is 0 Å². The number of carbonyl (C=O) groups is 3. The van der Waals surface area contributed by atoms with Gasteiger partial charge in [-0.1, -0.05) is 13.8 Å². The van der Waals surface area contributed by atoms with Crippen LogP contribution in [0.5, 0.6) is 0 Å². The van der Waals surface area contributed by atoms with Crippen LogP contribution in [0.15, 0.2) is 0 Å². The smallest absolute Gasteiger partial charge is 0.289 e. The van der Waals surface area contributed by atoms with Gasteiger partial charge in [0.15, 0.2) is 0 Å². The van der Waals surface area contributed by atoms with Crippen molar-refractivity contribution in [2.24, 2.45) is 17.3 Å². The van der Waals surface area contributed by atoms with Gasteiger partial charge in [0.25, 0.3) is 5.91 Å². The van der Waals surface area contributed by atoms with E-state index >= 15 is 0 Å². The van der Waals surface area contributed by atoms with E-state index in [9.17, 15) is 14.4 Å². The highest BCUT2D eigenvalue weighted by Crippen LogP contribution is 2.41. The monoisotopic (exact) mass is 320 g/mol. The molecule has 1 spiro atoms. The minimum Gasteiger partial charge on any atom is -0.342 e. The number of carbonyl (C=O) groups excluding carboxylic acids is 3. The molecule has 1 atom stereocenters. The molecule has 3 rings (SSSR count). The fourth-order valence-electron chi connectivity index (χ4n) is 4.00. The van der Waals surface area contributed by atoms with Crippen LogP contribution in [-0.2, 0) is 14.4 Å². The summed E-state index contributed by atoms with van der Waals surface area (Å²) in [4.78, 5) is 40.9. The SMILES string of the molecule is CC(C)CC(=O)C(=O)N1CCC2(CCCN(CC3CC3)C2=O)C1. The average Bonchev–Trinajstić information content (AvgIpc) is 3.21. The molecule has 1 saturated carbocycles. The molecule has 128 valence electrons. The van der Waals surface area contributed by atoms with Crippen LogP contribution in [0.1, 0.15) is 52.4 Å². The lowest BCUT2D eigenvalue weighted by molar-refractivity contribution is -0.148.